The highest BCUT2D eigenvalue weighted by atomic mass is 32.2. The lowest BCUT2D eigenvalue weighted by Crippen LogP contribution is -2.52. The molecule has 0 aromatic heterocycles. The Bertz CT molecular complexity index is 982. The summed E-state index contributed by atoms with van der Waals surface area (Å²) in [4.78, 5) is 16.8. The van der Waals surface area contributed by atoms with Gasteiger partial charge in [0.1, 0.15) is 11.6 Å². The average molecular weight is 464 g/mol. The summed E-state index contributed by atoms with van der Waals surface area (Å²) in [6, 6.07) is 11.0. The van der Waals surface area contributed by atoms with Crippen molar-refractivity contribution in [2.24, 2.45) is 5.92 Å². The molecule has 2 saturated heterocycles. The van der Waals surface area contributed by atoms with E-state index in [2.05, 4.69) is 4.72 Å². The number of carbonyl (C=O) groups excluding carboxylic acids is 1. The molecule has 3 atom stereocenters. The van der Waals surface area contributed by atoms with E-state index in [0.717, 1.165) is 37.6 Å². The van der Waals surface area contributed by atoms with E-state index in [4.69, 9.17) is 4.55 Å². The molecule has 2 aliphatic rings. The van der Waals surface area contributed by atoms with Crippen LogP contribution in [-0.2, 0) is 17.7 Å². The predicted octanol–water partition coefficient (Wildman–Crippen LogP) is 3.81. The molecule has 2 N–H and O–H groups in total. The van der Waals surface area contributed by atoms with Gasteiger partial charge in [0.15, 0.2) is 0 Å². The molecule has 2 fully saturated rings. The Kier molecular flexibility index (Phi) is 7.17. The van der Waals surface area contributed by atoms with Crippen molar-refractivity contribution in [2.75, 3.05) is 26.2 Å². The molecule has 0 saturated carbocycles. The van der Waals surface area contributed by atoms with Crippen molar-refractivity contribution in [1.29, 1.82) is 0 Å². The number of nitrogens with zero attached hydrogens (tertiary/aromatic N) is 2. The third kappa shape index (κ3) is 5.33. The SMILES string of the molecule is O=C(N1CCC1)N1CC[C@@H](CCNS(=O)O)[C@@H]1Cc1cccc(-c2cc(F)cc(F)c2)c1. The van der Waals surface area contributed by atoms with Crippen LogP contribution in [0.1, 0.15) is 24.8 Å². The van der Waals surface area contributed by atoms with E-state index >= 15 is 0 Å². The van der Waals surface area contributed by atoms with Crippen LogP contribution in [0.25, 0.3) is 11.1 Å². The Morgan fingerprint density at radius 3 is 2.50 bits per heavy atom. The molecule has 32 heavy (non-hydrogen) atoms. The van der Waals surface area contributed by atoms with E-state index in [-0.39, 0.29) is 18.0 Å². The van der Waals surface area contributed by atoms with Gasteiger partial charge in [-0.2, -0.15) is 0 Å². The van der Waals surface area contributed by atoms with Crippen molar-refractivity contribution in [3.63, 3.8) is 0 Å². The molecule has 0 spiro atoms. The maximum Gasteiger partial charge on any atom is 0.320 e. The van der Waals surface area contributed by atoms with Gasteiger partial charge in [-0.25, -0.2) is 22.5 Å². The molecule has 2 amide bonds. The van der Waals surface area contributed by atoms with Gasteiger partial charge in [-0.05, 0) is 60.4 Å². The van der Waals surface area contributed by atoms with Gasteiger partial charge in [-0.15, -0.1) is 0 Å². The summed E-state index contributed by atoms with van der Waals surface area (Å²) >= 11 is -2.06. The van der Waals surface area contributed by atoms with Gasteiger partial charge in [0.05, 0.1) is 0 Å². The average Bonchev–Trinajstić information content (AvgIpc) is 3.08. The first-order valence-electron chi connectivity index (χ1n) is 10.9. The van der Waals surface area contributed by atoms with Crippen LogP contribution >= 0.6 is 0 Å². The number of benzene rings is 2. The quantitative estimate of drug-likeness (QED) is 0.614. The maximum absolute atomic E-state index is 13.7. The number of halogens is 2. The third-order valence-electron chi connectivity index (χ3n) is 6.37. The number of amides is 2. The Morgan fingerprint density at radius 1 is 1.09 bits per heavy atom. The van der Waals surface area contributed by atoms with Crippen molar-refractivity contribution in [1.82, 2.24) is 14.5 Å². The van der Waals surface area contributed by atoms with Crippen molar-refractivity contribution in [3.05, 3.63) is 59.7 Å². The highest BCUT2D eigenvalue weighted by molar-refractivity contribution is 7.77. The Morgan fingerprint density at radius 2 is 1.84 bits per heavy atom. The van der Waals surface area contributed by atoms with Gasteiger partial charge in [0.2, 0.25) is 11.3 Å². The molecular formula is C23H27F2N3O3S. The fraction of sp³-hybridized carbons (Fsp3) is 0.435. The van der Waals surface area contributed by atoms with Crippen molar-refractivity contribution in [3.8, 4) is 11.1 Å². The van der Waals surface area contributed by atoms with Crippen LogP contribution in [0.2, 0.25) is 0 Å². The first kappa shape index (κ1) is 22.8. The Balaban J connectivity index is 1.54. The topological polar surface area (TPSA) is 72.9 Å². The van der Waals surface area contributed by atoms with Crippen LogP contribution in [0, 0.1) is 17.6 Å². The summed E-state index contributed by atoms with van der Waals surface area (Å²) < 4.78 is 49.9. The van der Waals surface area contributed by atoms with Gasteiger partial charge in [0, 0.05) is 38.3 Å². The molecule has 0 bridgehead atoms. The summed E-state index contributed by atoms with van der Waals surface area (Å²) in [7, 11) is 0. The minimum absolute atomic E-state index is 0.0449. The van der Waals surface area contributed by atoms with E-state index in [1.54, 1.807) is 0 Å². The monoisotopic (exact) mass is 463 g/mol. The number of carbonyl (C=O) groups is 1. The van der Waals surface area contributed by atoms with Crippen molar-refractivity contribution >= 4 is 17.3 Å². The molecule has 9 heteroatoms. The molecule has 6 nitrogen and oxygen atoms in total. The van der Waals surface area contributed by atoms with Crippen LogP contribution < -0.4 is 4.72 Å². The molecule has 0 aliphatic carbocycles. The van der Waals surface area contributed by atoms with E-state index in [1.807, 2.05) is 34.1 Å². The van der Waals surface area contributed by atoms with Crippen LogP contribution in [0.5, 0.6) is 0 Å². The smallest absolute Gasteiger partial charge is 0.320 e. The summed E-state index contributed by atoms with van der Waals surface area (Å²) in [5, 5.41) is 0. The lowest BCUT2D eigenvalue weighted by Gasteiger charge is -2.38. The van der Waals surface area contributed by atoms with Gasteiger partial charge < -0.3 is 9.80 Å². The molecule has 1 unspecified atom stereocenters. The number of urea groups is 1. The second-order valence-corrected chi connectivity index (χ2v) is 9.21. The molecule has 2 aromatic carbocycles. The second-order valence-electron chi connectivity index (χ2n) is 8.43. The van der Waals surface area contributed by atoms with Gasteiger partial charge in [-0.3, -0.25) is 4.55 Å². The molecule has 0 radical (unpaired) electrons. The van der Waals surface area contributed by atoms with E-state index < -0.39 is 22.9 Å². The summed E-state index contributed by atoms with van der Waals surface area (Å²) in [5.74, 6) is -1.06. The first-order chi connectivity index (χ1) is 15.4. The predicted molar refractivity (Wildman–Crippen MR) is 119 cm³/mol. The third-order valence-corrected chi connectivity index (χ3v) is 6.82. The van der Waals surface area contributed by atoms with Gasteiger partial charge in [0.25, 0.3) is 0 Å². The zero-order chi connectivity index (χ0) is 22.7. The van der Waals surface area contributed by atoms with Crippen LogP contribution in [0.4, 0.5) is 13.6 Å². The summed E-state index contributed by atoms with van der Waals surface area (Å²) in [6.07, 6.45) is 3.14. The second kappa shape index (κ2) is 10.1. The molecule has 2 aromatic rings. The maximum atomic E-state index is 13.7. The van der Waals surface area contributed by atoms with Crippen molar-refractivity contribution in [2.45, 2.75) is 31.7 Å². The molecule has 2 aliphatic heterocycles. The van der Waals surface area contributed by atoms with Crippen LogP contribution in [0.3, 0.4) is 0 Å². The highest BCUT2D eigenvalue weighted by Crippen LogP contribution is 2.32. The van der Waals surface area contributed by atoms with Crippen LogP contribution in [0.15, 0.2) is 42.5 Å². The zero-order valence-electron chi connectivity index (χ0n) is 17.7. The van der Waals surface area contributed by atoms with E-state index in [0.29, 0.717) is 37.1 Å². The number of hydrogen-bond acceptors (Lipinski definition) is 2. The standard InChI is InChI=1S/C23H27F2N3O3S/c24-20-13-19(14-21(25)15-20)18-4-1-3-16(11-18)12-22-17(5-7-26-32(30)31)6-10-28(22)23(29)27-8-2-9-27/h1,3-4,11,13-15,17,22,26H,2,5-10,12H2,(H,30,31)/t17-,22+/m1/s1. The lowest BCUT2D eigenvalue weighted by molar-refractivity contribution is 0.117. The minimum Gasteiger partial charge on any atom is -0.325 e. The Hall–Kier alpha value is -2.36. The molecule has 172 valence electrons. The minimum atomic E-state index is -2.06. The summed E-state index contributed by atoms with van der Waals surface area (Å²) in [6.45, 7) is 2.59. The number of rotatable bonds is 7. The van der Waals surface area contributed by atoms with E-state index in [9.17, 15) is 17.8 Å². The fourth-order valence-corrected chi connectivity index (χ4v) is 4.92. The lowest BCUT2D eigenvalue weighted by atomic mass is 9.90. The summed E-state index contributed by atoms with van der Waals surface area (Å²) in [5.41, 5.74) is 2.16. The molecule has 2 heterocycles. The number of likely N-dealkylation sites (tertiary alicyclic amines) is 2. The number of nitrogens with one attached hydrogen (secondary N) is 1. The molecule has 4 rings (SSSR count). The number of hydrogen-bond donors (Lipinski definition) is 2. The largest absolute Gasteiger partial charge is 0.325 e. The molecular weight excluding hydrogens is 436 g/mol. The van der Waals surface area contributed by atoms with Crippen molar-refractivity contribution < 1.29 is 22.3 Å². The van der Waals surface area contributed by atoms with Crippen LogP contribution in [-0.4, -0.2) is 56.8 Å². The van der Waals surface area contributed by atoms with Gasteiger partial charge >= 0.3 is 6.03 Å². The Labute approximate surface area is 189 Å². The van der Waals surface area contributed by atoms with Gasteiger partial charge in [-0.1, -0.05) is 24.3 Å². The zero-order valence-corrected chi connectivity index (χ0v) is 18.5. The highest BCUT2D eigenvalue weighted by Gasteiger charge is 2.39. The fourth-order valence-electron chi connectivity index (χ4n) is 4.63. The first-order valence-corrected chi connectivity index (χ1v) is 12.0. The van der Waals surface area contributed by atoms with E-state index in [1.165, 1.54) is 12.1 Å². The normalized spacial score (nSPS) is 21.5.